The molecule has 1 rings (SSSR count). The van der Waals surface area contributed by atoms with Gasteiger partial charge in [0, 0.05) is 13.6 Å². The lowest BCUT2D eigenvalue weighted by molar-refractivity contribution is -0.135. The number of nitrogens with two attached hydrogens (primary N) is 1. The lowest BCUT2D eigenvalue weighted by atomic mass is 9.90. The molecule has 0 bridgehead atoms. The molecule has 0 aliphatic heterocycles. The number of nitrogens with zero attached hydrogens (tertiary/aromatic N) is 2. The molecule has 0 heterocycles. The minimum atomic E-state index is -1.000. The number of hydrogen-bond donors (Lipinski definition) is 2. The average molecular weight is 263 g/mol. The van der Waals surface area contributed by atoms with E-state index in [2.05, 4.69) is 5.16 Å². The molecule has 5 nitrogen and oxygen atoms in total. The number of hydrogen-bond acceptors (Lipinski definition) is 3. The summed E-state index contributed by atoms with van der Waals surface area (Å²) in [7, 11) is 1.72. The van der Waals surface area contributed by atoms with Gasteiger partial charge in [0.1, 0.15) is 5.41 Å². The summed E-state index contributed by atoms with van der Waals surface area (Å²) in [6.45, 7) is 3.87. The second-order valence-corrected chi connectivity index (χ2v) is 5.07. The molecule has 0 spiro atoms. The summed E-state index contributed by atoms with van der Waals surface area (Å²) in [4.78, 5) is 13.8. The van der Waals surface area contributed by atoms with Gasteiger partial charge in [-0.3, -0.25) is 4.79 Å². The molecule has 0 radical (unpaired) electrons. The summed E-state index contributed by atoms with van der Waals surface area (Å²) < 4.78 is 0. The molecule has 5 heteroatoms. The number of benzene rings is 1. The maximum Gasteiger partial charge on any atom is 0.235 e. The number of oxime groups is 1. The van der Waals surface area contributed by atoms with Gasteiger partial charge in [-0.25, -0.2) is 0 Å². The first-order chi connectivity index (χ1) is 8.89. The van der Waals surface area contributed by atoms with Crippen molar-refractivity contribution in [1.29, 1.82) is 0 Å². The zero-order valence-corrected chi connectivity index (χ0v) is 11.6. The minimum absolute atomic E-state index is 0.0796. The van der Waals surface area contributed by atoms with Crippen LogP contribution in [0.15, 0.2) is 35.5 Å². The Kier molecular flexibility index (Phi) is 4.92. The Bertz CT molecular complexity index is 455. The fourth-order valence-corrected chi connectivity index (χ4v) is 1.75. The molecule has 0 saturated carbocycles. The van der Waals surface area contributed by atoms with Crippen LogP contribution in [0.25, 0.3) is 0 Å². The zero-order valence-electron chi connectivity index (χ0n) is 11.6. The van der Waals surface area contributed by atoms with Crippen molar-refractivity contribution in [3.05, 3.63) is 35.9 Å². The number of rotatable bonds is 5. The van der Waals surface area contributed by atoms with Crippen molar-refractivity contribution < 1.29 is 10.0 Å². The highest BCUT2D eigenvalue weighted by Gasteiger charge is 2.34. The monoisotopic (exact) mass is 263 g/mol. The number of amidine groups is 1. The van der Waals surface area contributed by atoms with Gasteiger partial charge < -0.3 is 15.8 Å². The van der Waals surface area contributed by atoms with Gasteiger partial charge in [0.2, 0.25) is 5.91 Å². The van der Waals surface area contributed by atoms with Gasteiger partial charge in [0.05, 0.1) is 0 Å². The Labute approximate surface area is 113 Å². The fraction of sp³-hybridized carbons (Fsp3) is 0.429. The van der Waals surface area contributed by atoms with Crippen LogP contribution in [0.5, 0.6) is 0 Å². The quantitative estimate of drug-likeness (QED) is 0.365. The van der Waals surface area contributed by atoms with Crippen molar-refractivity contribution in [3.63, 3.8) is 0 Å². The SMILES string of the molecule is CN(CCc1ccccc1)C(=O)C(C)(C)C(N)=NO. The predicted octanol–water partition coefficient (Wildman–Crippen LogP) is 1.46. The summed E-state index contributed by atoms with van der Waals surface area (Å²) in [5.74, 6) is -0.247. The Morgan fingerprint density at radius 1 is 1.37 bits per heavy atom. The van der Waals surface area contributed by atoms with Crippen LogP contribution in [-0.4, -0.2) is 35.4 Å². The molecule has 0 saturated heterocycles. The first-order valence-corrected chi connectivity index (χ1v) is 6.17. The topological polar surface area (TPSA) is 78.9 Å². The lowest BCUT2D eigenvalue weighted by Crippen LogP contribution is -2.47. The van der Waals surface area contributed by atoms with Crippen molar-refractivity contribution in [2.45, 2.75) is 20.3 Å². The Balaban J connectivity index is 2.63. The molecule has 0 fully saturated rings. The van der Waals surface area contributed by atoms with Gasteiger partial charge in [-0.15, -0.1) is 0 Å². The van der Waals surface area contributed by atoms with Gasteiger partial charge in [-0.1, -0.05) is 35.5 Å². The van der Waals surface area contributed by atoms with Gasteiger partial charge in [-0.05, 0) is 25.8 Å². The summed E-state index contributed by atoms with van der Waals surface area (Å²) >= 11 is 0. The number of carbonyl (C=O) groups excluding carboxylic acids is 1. The highest BCUT2D eigenvalue weighted by Crippen LogP contribution is 2.18. The smallest absolute Gasteiger partial charge is 0.235 e. The van der Waals surface area contributed by atoms with Crippen LogP contribution >= 0.6 is 0 Å². The molecule has 19 heavy (non-hydrogen) atoms. The van der Waals surface area contributed by atoms with Crippen LogP contribution in [-0.2, 0) is 11.2 Å². The van der Waals surface area contributed by atoms with E-state index in [9.17, 15) is 4.79 Å². The molecular weight excluding hydrogens is 242 g/mol. The summed E-state index contributed by atoms with van der Waals surface area (Å²) in [6.07, 6.45) is 0.773. The summed E-state index contributed by atoms with van der Waals surface area (Å²) in [5.41, 5.74) is 5.72. The van der Waals surface area contributed by atoms with E-state index < -0.39 is 5.41 Å². The Morgan fingerprint density at radius 2 is 1.95 bits per heavy atom. The van der Waals surface area contributed by atoms with Crippen LogP contribution in [0, 0.1) is 5.41 Å². The Morgan fingerprint density at radius 3 is 2.47 bits per heavy atom. The highest BCUT2D eigenvalue weighted by molar-refractivity contribution is 6.05. The van der Waals surface area contributed by atoms with E-state index in [1.807, 2.05) is 30.3 Å². The molecule has 1 amide bonds. The molecule has 0 aliphatic rings. The highest BCUT2D eigenvalue weighted by atomic mass is 16.4. The third-order valence-corrected chi connectivity index (χ3v) is 3.21. The standard InChI is InChI=1S/C14H21N3O2/c1-14(2,12(15)16-19)13(18)17(3)10-9-11-7-5-4-6-8-11/h4-8,19H,9-10H2,1-3H3,(H2,15,16). The zero-order chi connectivity index (χ0) is 14.5. The fourth-order valence-electron chi connectivity index (χ4n) is 1.75. The van der Waals surface area contributed by atoms with Gasteiger partial charge in [0.15, 0.2) is 5.84 Å². The van der Waals surface area contributed by atoms with Crippen LogP contribution in [0.3, 0.4) is 0 Å². The van der Waals surface area contributed by atoms with E-state index in [1.165, 1.54) is 5.56 Å². The predicted molar refractivity (Wildman–Crippen MR) is 75.0 cm³/mol. The van der Waals surface area contributed by atoms with E-state index in [0.717, 1.165) is 6.42 Å². The molecule has 1 aromatic rings. The van der Waals surface area contributed by atoms with E-state index >= 15 is 0 Å². The molecule has 104 valence electrons. The van der Waals surface area contributed by atoms with Crippen LogP contribution in [0.1, 0.15) is 19.4 Å². The van der Waals surface area contributed by atoms with Crippen molar-refractivity contribution >= 4 is 11.7 Å². The molecule has 0 atom stereocenters. The maximum absolute atomic E-state index is 12.2. The molecule has 0 unspecified atom stereocenters. The van der Waals surface area contributed by atoms with E-state index in [4.69, 9.17) is 10.9 Å². The molecular formula is C14H21N3O2. The molecule has 0 aliphatic carbocycles. The molecule has 1 aromatic carbocycles. The Hall–Kier alpha value is -2.04. The van der Waals surface area contributed by atoms with Crippen molar-refractivity contribution in [3.8, 4) is 0 Å². The van der Waals surface area contributed by atoms with E-state index in [0.29, 0.717) is 6.54 Å². The van der Waals surface area contributed by atoms with E-state index in [1.54, 1.807) is 25.8 Å². The lowest BCUT2D eigenvalue weighted by Gasteiger charge is -2.28. The van der Waals surface area contributed by atoms with Crippen LogP contribution < -0.4 is 5.73 Å². The summed E-state index contributed by atoms with van der Waals surface area (Å²) in [5, 5.41) is 11.6. The normalized spacial score (nSPS) is 12.3. The number of likely N-dealkylation sites (N-methyl/N-ethyl adjacent to an activating group) is 1. The van der Waals surface area contributed by atoms with Crippen LogP contribution in [0.4, 0.5) is 0 Å². The van der Waals surface area contributed by atoms with Gasteiger partial charge >= 0.3 is 0 Å². The van der Waals surface area contributed by atoms with Crippen molar-refractivity contribution in [1.82, 2.24) is 4.90 Å². The second-order valence-electron chi connectivity index (χ2n) is 5.07. The average Bonchev–Trinajstić information content (AvgIpc) is 2.43. The van der Waals surface area contributed by atoms with E-state index in [-0.39, 0.29) is 11.7 Å². The summed E-state index contributed by atoms with van der Waals surface area (Å²) in [6, 6.07) is 9.94. The van der Waals surface area contributed by atoms with Crippen molar-refractivity contribution in [2.75, 3.05) is 13.6 Å². The third kappa shape index (κ3) is 3.71. The molecule has 0 aromatic heterocycles. The van der Waals surface area contributed by atoms with Gasteiger partial charge in [-0.2, -0.15) is 0 Å². The van der Waals surface area contributed by atoms with Crippen molar-refractivity contribution in [2.24, 2.45) is 16.3 Å². The largest absolute Gasteiger partial charge is 0.409 e. The van der Waals surface area contributed by atoms with Gasteiger partial charge in [0.25, 0.3) is 0 Å². The molecule has 3 N–H and O–H groups in total. The van der Waals surface area contributed by atoms with Crippen LogP contribution in [0.2, 0.25) is 0 Å². The first-order valence-electron chi connectivity index (χ1n) is 6.17. The minimum Gasteiger partial charge on any atom is -0.409 e. The maximum atomic E-state index is 12.2. The third-order valence-electron chi connectivity index (χ3n) is 3.21. The second kappa shape index (κ2) is 6.22. The first kappa shape index (κ1) is 15.0. The number of amides is 1. The number of carbonyl (C=O) groups is 1.